The number of amidine groups is 1. The van der Waals surface area contributed by atoms with Crippen molar-refractivity contribution in [3.63, 3.8) is 0 Å². The number of carboxylic acids is 1. The summed E-state index contributed by atoms with van der Waals surface area (Å²) in [5.41, 5.74) is 2.41. The van der Waals surface area contributed by atoms with E-state index in [-0.39, 0.29) is 0 Å². The van der Waals surface area contributed by atoms with E-state index in [0.717, 1.165) is 28.2 Å². The number of rotatable bonds is 2. The largest absolute Gasteiger partial charge is 0.478 e. The Kier molecular flexibility index (Phi) is 2.56. The third-order valence-corrected chi connectivity index (χ3v) is 3.08. The molecule has 0 amide bonds. The molecule has 4 nitrogen and oxygen atoms in total. The van der Waals surface area contributed by atoms with Gasteiger partial charge in [0, 0.05) is 17.1 Å². The summed E-state index contributed by atoms with van der Waals surface area (Å²) in [6.07, 6.45) is 1.15. The molecule has 2 N–H and O–H groups in total. The Morgan fingerprint density at radius 2 is 2.00 bits per heavy atom. The molecule has 1 aliphatic heterocycles. The molecule has 0 saturated heterocycles. The molecule has 4 heteroatoms. The fourth-order valence-corrected chi connectivity index (χ4v) is 2.23. The van der Waals surface area contributed by atoms with Crippen LogP contribution in [0.4, 0.5) is 11.4 Å². The first-order valence-electron chi connectivity index (χ1n) is 5.94. The van der Waals surface area contributed by atoms with E-state index in [2.05, 4.69) is 10.3 Å². The fraction of sp³-hybridized carbons (Fsp3) is 0.0667. The second-order valence-electron chi connectivity index (χ2n) is 4.43. The molecule has 1 heterocycles. The van der Waals surface area contributed by atoms with Crippen LogP contribution in [0.2, 0.25) is 0 Å². The SMILES string of the molecule is C/C(=C\C(=O)O)C1=Nc2cccc3cccc(c23)N1. The minimum atomic E-state index is -0.973. The van der Waals surface area contributed by atoms with E-state index in [1.54, 1.807) is 6.92 Å². The van der Waals surface area contributed by atoms with Crippen molar-refractivity contribution in [2.75, 3.05) is 5.32 Å². The van der Waals surface area contributed by atoms with Gasteiger partial charge in [-0.05, 0) is 30.0 Å². The van der Waals surface area contributed by atoms with Crippen LogP contribution in [0.15, 0.2) is 53.0 Å². The van der Waals surface area contributed by atoms with Gasteiger partial charge in [-0.3, -0.25) is 0 Å². The molecule has 0 aliphatic carbocycles. The van der Waals surface area contributed by atoms with E-state index in [0.29, 0.717) is 11.4 Å². The zero-order valence-corrected chi connectivity index (χ0v) is 10.3. The number of aliphatic carboxylic acids is 1. The van der Waals surface area contributed by atoms with E-state index in [9.17, 15) is 4.79 Å². The Bertz CT molecular complexity index is 740. The Labute approximate surface area is 110 Å². The quantitative estimate of drug-likeness (QED) is 0.806. The number of nitrogens with one attached hydrogen (secondary N) is 1. The number of hydrogen-bond acceptors (Lipinski definition) is 3. The fourth-order valence-electron chi connectivity index (χ4n) is 2.23. The molecular formula is C15H12N2O2. The van der Waals surface area contributed by atoms with Crippen LogP contribution in [0.3, 0.4) is 0 Å². The highest BCUT2D eigenvalue weighted by Crippen LogP contribution is 2.36. The number of carbonyl (C=O) groups is 1. The highest BCUT2D eigenvalue weighted by atomic mass is 16.4. The van der Waals surface area contributed by atoms with Crippen molar-refractivity contribution < 1.29 is 9.90 Å². The smallest absolute Gasteiger partial charge is 0.328 e. The summed E-state index contributed by atoms with van der Waals surface area (Å²) < 4.78 is 0. The second-order valence-corrected chi connectivity index (χ2v) is 4.43. The molecule has 94 valence electrons. The van der Waals surface area contributed by atoms with Gasteiger partial charge in [0.25, 0.3) is 0 Å². The first-order valence-corrected chi connectivity index (χ1v) is 5.94. The number of anilines is 1. The lowest BCUT2D eigenvalue weighted by Gasteiger charge is -2.19. The topological polar surface area (TPSA) is 61.7 Å². The van der Waals surface area contributed by atoms with Crippen molar-refractivity contribution >= 4 is 34.0 Å². The monoisotopic (exact) mass is 252 g/mol. The maximum absolute atomic E-state index is 10.7. The Balaban J connectivity index is 2.18. The van der Waals surface area contributed by atoms with Crippen LogP contribution in [-0.4, -0.2) is 16.9 Å². The van der Waals surface area contributed by atoms with Crippen molar-refractivity contribution in [3.05, 3.63) is 48.0 Å². The van der Waals surface area contributed by atoms with Crippen molar-refractivity contribution in [1.82, 2.24) is 0 Å². The molecule has 0 bridgehead atoms. The van der Waals surface area contributed by atoms with Crippen molar-refractivity contribution in [3.8, 4) is 0 Å². The van der Waals surface area contributed by atoms with Crippen LogP contribution < -0.4 is 5.32 Å². The van der Waals surface area contributed by atoms with Gasteiger partial charge < -0.3 is 10.4 Å². The molecular weight excluding hydrogens is 240 g/mol. The maximum Gasteiger partial charge on any atom is 0.328 e. The lowest BCUT2D eigenvalue weighted by molar-refractivity contribution is -0.131. The zero-order chi connectivity index (χ0) is 13.4. The average molecular weight is 252 g/mol. The summed E-state index contributed by atoms with van der Waals surface area (Å²) in [5.74, 6) is -0.396. The van der Waals surface area contributed by atoms with Gasteiger partial charge >= 0.3 is 5.97 Å². The van der Waals surface area contributed by atoms with E-state index >= 15 is 0 Å². The molecule has 3 rings (SSSR count). The van der Waals surface area contributed by atoms with Gasteiger partial charge in [0.05, 0.1) is 5.69 Å². The van der Waals surface area contributed by atoms with Crippen molar-refractivity contribution in [2.24, 2.45) is 4.99 Å². The van der Waals surface area contributed by atoms with Crippen LogP contribution >= 0.6 is 0 Å². The number of carboxylic acid groups (broad SMARTS) is 1. The number of benzene rings is 2. The third kappa shape index (κ3) is 1.97. The molecule has 2 aromatic rings. The van der Waals surface area contributed by atoms with Gasteiger partial charge in [-0.25, -0.2) is 9.79 Å². The van der Waals surface area contributed by atoms with Crippen LogP contribution in [0, 0.1) is 0 Å². The minimum absolute atomic E-state index is 0.577. The number of aliphatic imine (C=N–C) groups is 1. The first kappa shape index (κ1) is 11.5. The Hall–Kier alpha value is -2.62. The number of nitrogens with zero attached hydrogens (tertiary/aromatic N) is 1. The summed E-state index contributed by atoms with van der Waals surface area (Å²) >= 11 is 0. The van der Waals surface area contributed by atoms with Gasteiger partial charge in [-0.2, -0.15) is 0 Å². The summed E-state index contributed by atoms with van der Waals surface area (Å²) in [6.45, 7) is 1.73. The third-order valence-electron chi connectivity index (χ3n) is 3.08. The highest BCUT2D eigenvalue weighted by Gasteiger charge is 2.15. The zero-order valence-electron chi connectivity index (χ0n) is 10.3. The minimum Gasteiger partial charge on any atom is -0.478 e. The molecule has 0 unspecified atom stereocenters. The summed E-state index contributed by atoms with van der Waals surface area (Å²) in [4.78, 5) is 15.2. The molecule has 0 radical (unpaired) electrons. The van der Waals surface area contributed by atoms with E-state index in [1.165, 1.54) is 0 Å². The molecule has 1 aliphatic rings. The standard InChI is InChI=1S/C15H12N2O2/c1-9(8-13(18)19)15-16-11-6-2-4-10-5-3-7-12(17-15)14(10)11/h2-8H,1H3,(H,16,17)(H,18,19)/b9-8+. The second kappa shape index (κ2) is 4.24. The molecule has 2 aromatic carbocycles. The summed E-state index contributed by atoms with van der Waals surface area (Å²) in [7, 11) is 0. The normalized spacial score (nSPS) is 13.9. The predicted molar refractivity (Wildman–Crippen MR) is 76.1 cm³/mol. The predicted octanol–water partition coefficient (Wildman–Crippen LogP) is 3.33. The Morgan fingerprint density at radius 1 is 1.26 bits per heavy atom. The van der Waals surface area contributed by atoms with Gasteiger partial charge in [-0.15, -0.1) is 0 Å². The van der Waals surface area contributed by atoms with Crippen LogP contribution in [0.5, 0.6) is 0 Å². The first-order chi connectivity index (χ1) is 9.15. The van der Waals surface area contributed by atoms with Crippen molar-refractivity contribution in [1.29, 1.82) is 0 Å². The molecule has 0 fully saturated rings. The van der Waals surface area contributed by atoms with Crippen LogP contribution in [-0.2, 0) is 4.79 Å². The number of hydrogen-bond donors (Lipinski definition) is 2. The van der Waals surface area contributed by atoms with Gasteiger partial charge in [0.1, 0.15) is 5.84 Å². The molecule has 0 aromatic heterocycles. The van der Waals surface area contributed by atoms with Crippen LogP contribution in [0.25, 0.3) is 10.8 Å². The summed E-state index contributed by atoms with van der Waals surface area (Å²) in [6, 6.07) is 11.9. The lowest BCUT2D eigenvalue weighted by Crippen LogP contribution is -2.16. The van der Waals surface area contributed by atoms with Crippen molar-refractivity contribution in [2.45, 2.75) is 6.92 Å². The van der Waals surface area contributed by atoms with E-state index in [4.69, 9.17) is 5.11 Å². The maximum atomic E-state index is 10.7. The molecule has 0 spiro atoms. The van der Waals surface area contributed by atoms with Gasteiger partial charge in [-0.1, -0.05) is 24.3 Å². The highest BCUT2D eigenvalue weighted by molar-refractivity contribution is 6.19. The van der Waals surface area contributed by atoms with Gasteiger partial charge in [0.2, 0.25) is 0 Å². The van der Waals surface area contributed by atoms with Crippen LogP contribution in [0.1, 0.15) is 6.92 Å². The summed E-state index contributed by atoms with van der Waals surface area (Å²) in [5, 5.41) is 14.2. The molecule has 0 atom stereocenters. The molecule has 0 saturated carbocycles. The van der Waals surface area contributed by atoms with Gasteiger partial charge in [0.15, 0.2) is 0 Å². The molecule has 19 heavy (non-hydrogen) atoms. The average Bonchev–Trinajstić information content (AvgIpc) is 2.38. The Morgan fingerprint density at radius 3 is 2.74 bits per heavy atom. The van der Waals surface area contributed by atoms with E-state index < -0.39 is 5.97 Å². The lowest BCUT2D eigenvalue weighted by atomic mass is 10.0. The van der Waals surface area contributed by atoms with E-state index in [1.807, 2.05) is 36.4 Å².